The van der Waals surface area contributed by atoms with E-state index in [-0.39, 0.29) is 11.8 Å². The van der Waals surface area contributed by atoms with Crippen LogP contribution in [0.4, 0.5) is 11.4 Å². The van der Waals surface area contributed by atoms with E-state index in [0.29, 0.717) is 17.8 Å². The number of anilines is 2. The van der Waals surface area contributed by atoms with Gasteiger partial charge in [-0.05, 0) is 36.2 Å². The van der Waals surface area contributed by atoms with E-state index in [1.165, 1.54) is 18.4 Å². The maximum absolute atomic E-state index is 12.2. The Kier molecular flexibility index (Phi) is 7.47. The summed E-state index contributed by atoms with van der Waals surface area (Å²) < 4.78 is 4.90. The molecule has 1 heterocycles. The smallest absolute Gasteiger partial charge is 0.340 e. The molecule has 3 aromatic rings. The van der Waals surface area contributed by atoms with Crippen LogP contribution in [-0.4, -0.2) is 61.9 Å². The molecule has 2 N–H and O–H groups in total. The SMILES string of the molecule is COC(=O)c1cccc(O)c1NCC(Cc1ccccc1)N1CCN(c2ccccc2)CC1. The van der Waals surface area contributed by atoms with E-state index in [2.05, 4.69) is 63.6 Å². The number of rotatable bonds is 8. The summed E-state index contributed by atoms with van der Waals surface area (Å²) in [6.45, 7) is 4.40. The van der Waals surface area contributed by atoms with Crippen molar-refractivity contribution in [2.24, 2.45) is 0 Å². The Morgan fingerprint density at radius 3 is 2.27 bits per heavy atom. The fourth-order valence-electron chi connectivity index (χ4n) is 4.43. The third-order valence-corrected chi connectivity index (χ3v) is 6.23. The van der Waals surface area contributed by atoms with Gasteiger partial charge in [0.05, 0.1) is 18.4 Å². The molecular formula is C27H31N3O3. The first-order valence-electron chi connectivity index (χ1n) is 11.4. The van der Waals surface area contributed by atoms with Crippen molar-refractivity contribution < 1.29 is 14.6 Å². The number of benzene rings is 3. The van der Waals surface area contributed by atoms with Crippen LogP contribution in [0.5, 0.6) is 5.75 Å². The normalized spacial score (nSPS) is 15.1. The van der Waals surface area contributed by atoms with Gasteiger partial charge in [0.15, 0.2) is 0 Å². The molecule has 4 rings (SSSR count). The number of phenolic OH excluding ortho intramolecular Hbond substituents is 1. The molecule has 0 radical (unpaired) electrons. The highest BCUT2D eigenvalue weighted by atomic mass is 16.5. The molecule has 1 fully saturated rings. The quantitative estimate of drug-likeness (QED) is 0.403. The number of methoxy groups -OCH3 is 1. The minimum absolute atomic E-state index is 0.0465. The number of nitrogens with one attached hydrogen (secondary N) is 1. The molecule has 0 aromatic heterocycles. The van der Waals surface area contributed by atoms with E-state index in [1.807, 2.05) is 12.1 Å². The highest BCUT2D eigenvalue weighted by molar-refractivity contribution is 5.97. The first kappa shape index (κ1) is 22.7. The Balaban J connectivity index is 1.49. The van der Waals surface area contributed by atoms with Crippen LogP contribution in [0.3, 0.4) is 0 Å². The van der Waals surface area contributed by atoms with Gasteiger partial charge in [0, 0.05) is 44.5 Å². The summed E-state index contributed by atoms with van der Waals surface area (Å²) in [6.07, 6.45) is 0.875. The lowest BCUT2D eigenvalue weighted by atomic mass is 10.0. The van der Waals surface area contributed by atoms with Crippen LogP contribution in [0, 0.1) is 0 Å². The van der Waals surface area contributed by atoms with Gasteiger partial charge in [-0.15, -0.1) is 0 Å². The fourth-order valence-corrected chi connectivity index (χ4v) is 4.43. The fraction of sp³-hybridized carbons (Fsp3) is 0.296. The maximum atomic E-state index is 12.2. The van der Waals surface area contributed by atoms with E-state index in [9.17, 15) is 9.90 Å². The molecule has 1 saturated heterocycles. The lowest BCUT2D eigenvalue weighted by Crippen LogP contribution is -2.53. The molecule has 0 amide bonds. The Labute approximate surface area is 195 Å². The largest absolute Gasteiger partial charge is 0.506 e. The molecular weight excluding hydrogens is 414 g/mol. The standard InChI is InChI=1S/C27H31N3O3/c1-33-27(32)24-13-8-14-25(31)26(24)28-20-23(19-21-9-4-2-5-10-21)30-17-15-29(16-18-30)22-11-6-3-7-12-22/h2-14,23,28,31H,15-20H2,1H3. The van der Waals surface area contributed by atoms with Gasteiger partial charge in [-0.1, -0.05) is 54.6 Å². The van der Waals surface area contributed by atoms with E-state index in [1.54, 1.807) is 18.2 Å². The van der Waals surface area contributed by atoms with Gasteiger partial charge in [0.2, 0.25) is 0 Å². The molecule has 0 saturated carbocycles. The number of ether oxygens (including phenoxy) is 1. The highest BCUT2D eigenvalue weighted by Crippen LogP contribution is 2.28. The Hall–Kier alpha value is -3.51. The van der Waals surface area contributed by atoms with Crippen LogP contribution in [0.2, 0.25) is 0 Å². The van der Waals surface area contributed by atoms with Gasteiger partial charge >= 0.3 is 5.97 Å². The first-order chi connectivity index (χ1) is 16.2. The number of hydrogen-bond donors (Lipinski definition) is 2. The molecule has 3 aromatic carbocycles. The molecule has 0 bridgehead atoms. The average molecular weight is 446 g/mol. The number of nitrogens with zero attached hydrogens (tertiary/aromatic N) is 2. The number of aromatic hydroxyl groups is 1. The van der Waals surface area contributed by atoms with E-state index in [4.69, 9.17) is 4.74 Å². The zero-order chi connectivity index (χ0) is 23.0. The molecule has 1 unspecified atom stereocenters. The van der Waals surface area contributed by atoms with E-state index >= 15 is 0 Å². The Morgan fingerprint density at radius 2 is 1.61 bits per heavy atom. The van der Waals surface area contributed by atoms with Crippen LogP contribution >= 0.6 is 0 Å². The second kappa shape index (κ2) is 10.9. The lowest BCUT2D eigenvalue weighted by Gasteiger charge is -2.40. The second-order valence-corrected chi connectivity index (χ2v) is 8.27. The number of piperazine rings is 1. The van der Waals surface area contributed by atoms with Gasteiger partial charge in [0.1, 0.15) is 5.75 Å². The summed E-state index contributed by atoms with van der Waals surface area (Å²) in [6, 6.07) is 26.1. The van der Waals surface area contributed by atoms with Crippen LogP contribution in [0.25, 0.3) is 0 Å². The van der Waals surface area contributed by atoms with E-state index < -0.39 is 5.97 Å². The van der Waals surface area contributed by atoms with Crippen LogP contribution in [0.1, 0.15) is 15.9 Å². The van der Waals surface area contributed by atoms with Crippen molar-refractivity contribution >= 4 is 17.3 Å². The summed E-state index contributed by atoms with van der Waals surface area (Å²) >= 11 is 0. The number of carbonyl (C=O) groups is 1. The molecule has 6 nitrogen and oxygen atoms in total. The van der Waals surface area contributed by atoms with Gasteiger partial charge in [-0.25, -0.2) is 4.79 Å². The molecule has 1 aliphatic rings. The van der Waals surface area contributed by atoms with Gasteiger partial charge < -0.3 is 20.1 Å². The zero-order valence-electron chi connectivity index (χ0n) is 19.0. The first-order valence-corrected chi connectivity index (χ1v) is 11.4. The molecule has 0 aliphatic carbocycles. The van der Waals surface area contributed by atoms with Crippen molar-refractivity contribution in [2.45, 2.75) is 12.5 Å². The highest BCUT2D eigenvalue weighted by Gasteiger charge is 2.25. The molecule has 172 valence electrons. The van der Waals surface area contributed by atoms with Gasteiger partial charge in [0.25, 0.3) is 0 Å². The van der Waals surface area contributed by atoms with Crippen LogP contribution in [0.15, 0.2) is 78.9 Å². The Morgan fingerprint density at radius 1 is 0.939 bits per heavy atom. The lowest BCUT2D eigenvalue weighted by molar-refractivity contribution is 0.0601. The number of carbonyl (C=O) groups excluding carboxylic acids is 1. The third kappa shape index (κ3) is 5.65. The number of para-hydroxylation sites is 2. The van der Waals surface area contributed by atoms with Crippen molar-refractivity contribution in [1.29, 1.82) is 0 Å². The number of esters is 1. The number of phenols is 1. The molecule has 0 spiro atoms. The zero-order valence-corrected chi connectivity index (χ0v) is 19.0. The van der Waals surface area contributed by atoms with Gasteiger partial charge in [-0.3, -0.25) is 4.90 Å². The topological polar surface area (TPSA) is 65.0 Å². The third-order valence-electron chi connectivity index (χ3n) is 6.23. The predicted molar refractivity (Wildman–Crippen MR) is 132 cm³/mol. The van der Waals surface area contributed by atoms with Crippen LogP contribution in [-0.2, 0) is 11.2 Å². The maximum Gasteiger partial charge on any atom is 0.340 e. The van der Waals surface area contributed by atoms with Crippen molar-refractivity contribution in [1.82, 2.24) is 4.90 Å². The summed E-state index contributed by atoms with van der Waals surface area (Å²) in [5, 5.41) is 13.8. The van der Waals surface area contributed by atoms with E-state index in [0.717, 1.165) is 32.6 Å². The van der Waals surface area contributed by atoms with Crippen molar-refractivity contribution in [3.63, 3.8) is 0 Å². The van der Waals surface area contributed by atoms with Crippen molar-refractivity contribution in [3.05, 3.63) is 90.0 Å². The minimum Gasteiger partial charge on any atom is -0.506 e. The molecule has 1 atom stereocenters. The number of hydrogen-bond acceptors (Lipinski definition) is 6. The summed E-state index contributed by atoms with van der Waals surface area (Å²) in [5.41, 5.74) is 3.28. The monoisotopic (exact) mass is 445 g/mol. The predicted octanol–water partition coefficient (Wildman–Crippen LogP) is 4.02. The van der Waals surface area contributed by atoms with Crippen LogP contribution < -0.4 is 10.2 Å². The Bertz CT molecular complexity index is 1030. The average Bonchev–Trinajstić information content (AvgIpc) is 2.88. The van der Waals surface area contributed by atoms with Crippen molar-refractivity contribution in [2.75, 3.05) is 50.1 Å². The molecule has 6 heteroatoms. The minimum atomic E-state index is -0.468. The van der Waals surface area contributed by atoms with Gasteiger partial charge in [-0.2, -0.15) is 0 Å². The molecule has 1 aliphatic heterocycles. The second-order valence-electron chi connectivity index (χ2n) is 8.27. The summed E-state index contributed by atoms with van der Waals surface area (Å²) in [5.74, 6) is -0.422. The summed E-state index contributed by atoms with van der Waals surface area (Å²) in [7, 11) is 1.35. The summed E-state index contributed by atoms with van der Waals surface area (Å²) in [4.78, 5) is 17.1. The van der Waals surface area contributed by atoms with Crippen molar-refractivity contribution in [3.8, 4) is 5.75 Å². The molecule has 33 heavy (non-hydrogen) atoms.